The first-order valence-corrected chi connectivity index (χ1v) is 12.1. The largest absolute Gasteiger partial charge is 0.416 e. The van der Waals surface area contributed by atoms with Crippen LogP contribution in [0.1, 0.15) is 16.7 Å². The van der Waals surface area contributed by atoms with Gasteiger partial charge in [-0.1, -0.05) is 35.9 Å². The number of carbonyl (C=O) groups is 1. The van der Waals surface area contributed by atoms with E-state index in [4.69, 9.17) is 11.6 Å². The molecule has 1 amide bonds. The van der Waals surface area contributed by atoms with Crippen molar-refractivity contribution in [3.05, 3.63) is 94.3 Å². The molecule has 2 aliphatic rings. The van der Waals surface area contributed by atoms with Gasteiger partial charge in [-0.05, 0) is 54.4 Å². The zero-order valence-corrected chi connectivity index (χ0v) is 20.0. The van der Waals surface area contributed by atoms with Crippen LogP contribution in [0.15, 0.2) is 66.7 Å². The summed E-state index contributed by atoms with van der Waals surface area (Å²) < 4.78 is 54.3. The van der Waals surface area contributed by atoms with Crippen molar-refractivity contribution >= 4 is 28.9 Å². The zero-order valence-electron chi connectivity index (χ0n) is 19.2. The normalized spacial score (nSPS) is 19.5. The molecule has 0 spiro atoms. The van der Waals surface area contributed by atoms with Gasteiger partial charge in [-0.2, -0.15) is 13.2 Å². The Bertz CT molecular complexity index is 1280. The monoisotopic (exact) mass is 517 g/mol. The van der Waals surface area contributed by atoms with Crippen molar-refractivity contribution in [2.24, 2.45) is 5.92 Å². The van der Waals surface area contributed by atoms with Gasteiger partial charge in [0.05, 0.1) is 17.5 Å². The first-order chi connectivity index (χ1) is 17.2. The van der Waals surface area contributed by atoms with Gasteiger partial charge in [-0.3, -0.25) is 4.79 Å². The van der Waals surface area contributed by atoms with Crippen LogP contribution >= 0.6 is 11.6 Å². The number of halogens is 5. The molecule has 2 unspecified atom stereocenters. The summed E-state index contributed by atoms with van der Waals surface area (Å²) in [5.41, 5.74) is 1.75. The Labute approximate surface area is 211 Å². The van der Waals surface area contributed by atoms with Crippen LogP contribution in [-0.4, -0.2) is 31.6 Å². The molecule has 4 nitrogen and oxygen atoms in total. The lowest BCUT2D eigenvalue weighted by Gasteiger charge is -2.49. The molecule has 1 fully saturated rings. The van der Waals surface area contributed by atoms with Crippen LogP contribution in [0.25, 0.3) is 0 Å². The number of rotatable bonds is 4. The average molecular weight is 518 g/mol. The van der Waals surface area contributed by atoms with Crippen molar-refractivity contribution in [3.8, 4) is 0 Å². The van der Waals surface area contributed by atoms with Crippen LogP contribution in [0.2, 0.25) is 5.02 Å². The number of hydrogen-bond donors (Lipinski definition) is 1. The van der Waals surface area contributed by atoms with E-state index in [9.17, 15) is 22.4 Å². The molecule has 0 radical (unpaired) electrons. The molecule has 2 aliphatic heterocycles. The number of alkyl halides is 3. The number of hydrogen-bond acceptors (Lipinski definition) is 3. The standard InChI is InChI=1S/C27H24ClF4N3O/c28-20-5-3-6-21(14-20)34-10-11-35-24-9-8-19(27(30,31)32)12-18(24)13-22(25(35)16-34)26(36)33-15-17-4-1-2-7-23(17)29/h1-9,12,14,22,25H,10-11,13,15-16H2,(H,33,36). The maximum Gasteiger partial charge on any atom is 0.416 e. The van der Waals surface area contributed by atoms with Gasteiger partial charge in [-0.25, -0.2) is 4.39 Å². The summed E-state index contributed by atoms with van der Waals surface area (Å²) in [6.45, 7) is 1.66. The average Bonchev–Trinajstić information content (AvgIpc) is 2.86. The first-order valence-electron chi connectivity index (χ1n) is 11.7. The van der Waals surface area contributed by atoms with Gasteiger partial charge in [0, 0.05) is 48.1 Å². The Morgan fingerprint density at radius 1 is 1.03 bits per heavy atom. The quantitative estimate of drug-likeness (QED) is 0.452. The van der Waals surface area contributed by atoms with Crippen LogP contribution in [-0.2, 0) is 23.9 Å². The Kier molecular flexibility index (Phi) is 6.55. The van der Waals surface area contributed by atoms with E-state index in [2.05, 4.69) is 10.2 Å². The van der Waals surface area contributed by atoms with E-state index in [1.54, 1.807) is 24.3 Å². The van der Waals surface area contributed by atoms with Crippen molar-refractivity contribution in [1.82, 2.24) is 5.32 Å². The molecule has 1 saturated heterocycles. The van der Waals surface area contributed by atoms with Crippen LogP contribution in [0, 0.1) is 11.7 Å². The minimum absolute atomic E-state index is 0.00216. The molecular formula is C27H24ClF4N3O. The highest BCUT2D eigenvalue weighted by Gasteiger charge is 2.42. The van der Waals surface area contributed by atoms with E-state index in [1.807, 2.05) is 23.1 Å². The fraction of sp³-hybridized carbons (Fsp3) is 0.296. The maximum absolute atomic E-state index is 14.1. The first kappa shape index (κ1) is 24.4. The summed E-state index contributed by atoms with van der Waals surface area (Å²) >= 11 is 6.19. The van der Waals surface area contributed by atoms with Gasteiger partial charge >= 0.3 is 6.18 Å². The van der Waals surface area contributed by atoms with Crippen LogP contribution in [0.5, 0.6) is 0 Å². The van der Waals surface area contributed by atoms with Gasteiger partial charge in [0.2, 0.25) is 5.91 Å². The molecule has 9 heteroatoms. The van der Waals surface area contributed by atoms with Crippen molar-refractivity contribution in [2.45, 2.75) is 25.2 Å². The molecule has 0 saturated carbocycles. The van der Waals surface area contributed by atoms with E-state index in [0.29, 0.717) is 35.8 Å². The van der Waals surface area contributed by atoms with Crippen molar-refractivity contribution < 1.29 is 22.4 Å². The van der Waals surface area contributed by atoms with Gasteiger partial charge in [-0.15, -0.1) is 0 Å². The summed E-state index contributed by atoms with van der Waals surface area (Å²) in [6.07, 6.45) is -4.31. The minimum Gasteiger partial charge on any atom is -0.368 e. The van der Waals surface area contributed by atoms with Gasteiger partial charge in [0.15, 0.2) is 0 Å². The molecule has 0 aliphatic carbocycles. The van der Waals surface area contributed by atoms with Crippen molar-refractivity contribution in [3.63, 3.8) is 0 Å². The van der Waals surface area contributed by atoms with Crippen molar-refractivity contribution in [2.75, 3.05) is 29.4 Å². The lowest BCUT2D eigenvalue weighted by atomic mass is 9.82. The Morgan fingerprint density at radius 3 is 2.58 bits per heavy atom. The summed E-state index contributed by atoms with van der Waals surface area (Å²) in [6, 6.07) is 17.1. The Morgan fingerprint density at radius 2 is 1.83 bits per heavy atom. The fourth-order valence-corrected chi connectivity index (χ4v) is 5.35. The third-order valence-electron chi connectivity index (χ3n) is 6.96. The van der Waals surface area contributed by atoms with Gasteiger partial charge < -0.3 is 15.1 Å². The molecule has 0 aromatic heterocycles. The smallest absolute Gasteiger partial charge is 0.368 e. The van der Waals surface area contributed by atoms with E-state index in [0.717, 1.165) is 23.5 Å². The highest BCUT2D eigenvalue weighted by Crippen LogP contribution is 2.40. The second-order valence-corrected chi connectivity index (χ2v) is 9.58. The molecule has 36 heavy (non-hydrogen) atoms. The molecule has 188 valence electrons. The number of nitrogens with one attached hydrogen (secondary N) is 1. The summed E-state index contributed by atoms with van der Waals surface area (Å²) in [4.78, 5) is 17.6. The van der Waals surface area contributed by atoms with E-state index in [-0.39, 0.29) is 24.9 Å². The third-order valence-corrected chi connectivity index (χ3v) is 7.20. The lowest BCUT2D eigenvalue weighted by molar-refractivity contribution is -0.137. The van der Waals surface area contributed by atoms with Crippen LogP contribution < -0.4 is 15.1 Å². The molecule has 1 N–H and O–H groups in total. The topological polar surface area (TPSA) is 35.6 Å². The lowest BCUT2D eigenvalue weighted by Crippen LogP contribution is -2.61. The predicted molar refractivity (Wildman–Crippen MR) is 132 cm³/mol. The number of nitrogens with zero attached hydrogens (tertiary/aromatic N) is 2. The highest BCUT2D eigenvalue weighted by atomic mass is 35.5. The highest BCUT2D eigenvalue weighted by molar-refractivity contribution is 6.30. The van der Waals surface area contributed by atoms with E-state index < -0.39 is 23.5 Å². The molecule has 2 atom stereocenters. The summed E-state index contributed by atoms with van der Waals surface area (Å²) in [5, 5.41) is 3.41. The second kappa shape index (κ2) is 9.65. The molecular weight excluding hydrogens is 494 g/mol. The van der Waals surface area contributed by atoms with Gasteiger partial charge in [0.1, 0.15) is 5.82 Å². The molecule has 2 heterocycles. The Balaban J connectivity index is 1.45. The number of anilines is 2. The number of benzene rings is 3. The minimum atomic E-state index is -4.47. The maximum atomic E-state index is 14.1. The molecule has 3 aromatic rings. The number of fused-ring (bicyclic) bond motifs is 3. The number of amides is 1. The zero-order chi connectivity index (χ0) is 25.4. The number of carbonyl (C=O) groups excluding carboxylic acids is 1. The van der Waals surface area contributed by atoms with E-state index >= 15 is 0 Å². The predicted octanol–water partition coefficient (Wildman–Crippen LogP) is 5.68. The molecule has 3 aromatic carbocycles. The van der Waals surface area contributed by atoms with E-state index in [1.165, 1.54) is 12.1 Å². The summed E-state index contributed by atoms with van der Waals surface area (Å²) in [7, 11) is 0. The SMILES string of the molecule is O=C(NCc1ccccc1F)C1Cc2cc(C(F)(F)F)ccc2N2CCN(c3cccc(Cl)c3)CC12. The fourth-order valence-electron chi connectivity index (χ4n) is 5.16. The van der Waals surface area contributed by atoms with Crippen molar-refractivity contribution in [1.29, 1.82) is 0 Å². The summed E-state index contributed by atoms with van der Waals surface area (Å²) in [5.74, 6) is -1.35. The van der Waals surface area contributed by atoms with Crippen LogP contribution in [0.4, 0.5) is 28.9 Å². The Hall–Kier alpha value is -3.26. The molecule has 0 bridgehead atoms. The number of piperazine rings is 1. The van der Waals surface area contributed by atoms with Crippen LogP contribution in [0.3, 0.4) is 0 Å². The molecule has 5 rings (SSSR count). The van der Waals surface area contributed by atoms with Gasteiger partial charge in [0.25, 0.3) is 0 Å². The third kappa shape index (κ3) is 4.87. The second-order valence-electron chi connectivity index (χ2n) is 9.15.